The Balaban J connectivity index is 0.000000171. The van der Waals surface area contributed by atoms with Gasteiger partial charge < -0.3 is 35.9 Å². The zero-order valence-electron chi connectivity index (χ0n) is 57.3. The van der Waals surface area contributed by atoms with Gasteiger partial charge in [0.1, 0.15) is 46.1 Å². The number of hydrogen-bond acceptors (Lipinski definition) is 13. The molecule has 0 aromatic heterocycles. The smallest absolute Gasteiger partial charge is 0.323 e. The van der Waals surface area contributed by atoms with Crippen molar-refractivity contribution in [2.24, 2.45) is 22.0 Å². The summed E-state index contributed by atoms with van der Waals surface area (Å²) in [7, 11) is 0. The largest absolute Gasteiger partial charge is 0.465 e. The van der Waals surface area contributed by atoms with Gasteiger partial charge in [-0.1, -0.05) is 124 Å². The topological polar surface area (TPSA) is 233 Å². The molecule has 3 saturated carbocycles. The van der Waals surface area contributed by atoms with Crippen LogP contribution in [-0.2, 0) is 58.6 Å². The summed E-state index contributed by atoms with van der Waals surface area (Å²) < 4.78 is 140. The van der Waals surface area contributed by atoms with E-state index in [4.69, 9.17) is 84.8 Å². The summed E-state index contributed by atoms with van der Waals surface area (Å²) >= 11 is 36.2. The van der Waals surface area contributed by atoms with E-state index in [9.17, 15) is 64.3 Å². The monoisotopic (exact) mass is 1630 g/mol. The highest BCUT2D eigenvalue weighted by Crippen LogP contribution is 2.71. The fraction of sp³-hybridized carbons (Fsp3) is 0.400. The molecule has 6 aromatic rings. The Morgan fingerprint density at radius 3 is 1.25 bits per heavy atom. The molecule has 3 unspecified atom stereocenters. The Kier molecular flexibility index (Phi) is 26.3. The molecule has 6 atom stereocenters. The van der Waals surface area contributed by atoms with E-state index in [1.54, 1.807) is 87.5 Å². The number of nitrogens with two attached hydrogens (primary N) is 1. The van der Waals surface area contributed by atoms with Crippen LogP contribution >= 0.6 is 82.0 Å². The number of Topliss-reactive ketones (excluding diaryl/α,β-unsaturated/α-hetero) is 1. The first-order valence-electron chi connectivity index (χ1n) is 33.5. The highest BCUT2D eigenvalue weighted by molar-refractivity contribution is 6.37. The van der Waals surface area contributed by atoms with Gasteiger partial charge >= 0.3 is 17.9 Å². The lowest BCUT2D eigenvalue weighted by Crippen LogP contribution is -2.70. The number of carbonyl (C=O) groups is 7. The summed E-state index contributed by atoms with van der Waals surface area (Å²) in [5, 5.41) is 15.7. The van der Waals surface area contributed by atoms with Crippen LogP contribution in [0.4, 0.5) is 56.6 Å². The summed E-state index contributed by atoms with van der Waals surface area (Å²) in [5.41, 5.74) is -0.492. The molecule has 5 fully saturated rings. The van der Waals surface area contributed by atoms with Gasteiger partial charge in [0.05, 0.1) is 87.2 Å². The second kappa shape index (κ2) is 33.6. The SMILES string of the molecule is CCOC(=O)C1NC2(CC(CF)(CF)C2)C2(C(=O)Nc3cc(Cl)ccc32)C1c1cccc(Cl)c1F.CCOC(=O)CN.CCOC(=O)[C@@H]1NC2(CC(CF)(CF)C2)[C@@]2(C(=O)Nc3cc(Cl)ccc32)[C@H]1c1cccc(Cl)c1F.Cl.O=C1CC(CF)(CF)C1.O=C1Nc2cc(Cl)ccc2C1=Cc1cccc(Cl)c1F. The number of carbonyl (C=O) groups excluding carboxylic acids is 7. The third kappa shape index (κ3) is 15.0. The number of ketones is 1. The van der Waals surface area contributed by atoms with Gasteiger partial charge in [0.2, 0.25) is 11.8 Å². The van der Waals surface area contributed by atoms with Crippen molar-refractivity contribution < 1.29 is 87.3 Å². The maximum atomic E-state index is 15.6. The van der Waals surface area contributed by atoms with Crippen LogP contribution < -0.4 is 32.3 Å². The molecule has 3 aliphatic carbocycles. The van der Waals surface area contributed by atoms with Crippen LogP contribution in [0.2, 0.25) is 30.1 Å². The van der Waals surface area contributed by atoms with Gasteiger partial charge in [-0.25, -0.2) is 13.2 Å². The van der Waals surface area contributed by atoms with E-state index in [0.717, 1.165) is 0 Å². The highest BCUT2D eigenvalue weighted by atomic mass is 35.5. The average Bonchev–Trinajstić information content (AvgIpc) is 1.50. The maximum absolute atomic E-state index is 15.6. The van der Waals surface area contributed by atoms with Crippen molar-refractivity contribution in [3.8, 4) is 0 Å². The second-order valence-corrected chi connectivity index (χ2v) is 29.8. The number of halogens is 16. The van der Waals surface area contributed by atoms with Crippen LogP contribution in [-0.4, -0.2) is 131 Å². The molecule has 16 nitrogen and oxygen atoms in total. The number of benzene rings is 6. The van der Waals surface area contributed by atoms with Crippen LogP contribution in [0, 0.1) is 33.7 Å². The van der Waals surface area contributed by atoms with Crippen molar-refractivity contribution in [2.75, 3.05) is 82.4 Å². The van der Waals surface area contributed by atoms with Crippen molar-refractivity contribution in [1.82, 2.24) is 10.6 Å². The standard InChI is InChI=1S/2C25H23Cl2F3N2O3.C15H8Cl2FNO.C6H8F2O.C4H9NO2.ClH/c2*1-2-35-21(33)20-18(14-4-3-5-16(27)19(14)30)25(24(32-20)9-23(10-24,11-28)12-29)15-7-6-13(26)8-17(15)31-22(25)34;16-9-4-5-10-11(15(20)19-13(10)7-9)6-8-2-1-3-12(17)14(8)18;7-3-6(4-8)1-5(9)2-6;1-2-7-4(6)3-5;/h2*3-8,18,20,32H,2,9-12H2,1H3,(H,31,34);1-7H,(H,19,20);1-4H2;2-3,5H2,1H3;1H/t18-,20+,25+;;;;;/m0...../s1. The Hall–Kier alpha value is -7.17. The lowest BCUT2D eigenvalue weighted by Gasteiger charge is -2.59. The number of hydrogen-bond donors (Lipinski definition) is 6. The van der Waals surface area contributed by atoms with Gasteiger partial charge in [0, 0.05) is 95.1 Å². The molecule has 8 aliphatic rings. The molecule has 4 spiro atoms. The first-order chi connectivity index (χ1) is 50.5. The van der Waals surface area contributed by atoms with Crippen molar-refractivity contribution in [3.63, 3.8) is 0 Å². The maximum Gasteiger partial charge on any atom is 0.323 e. The van der Waals surface area contributed by atoms with Gasteiger partial charge in [-0.2, -0.15) is 0 Å². The molecular weight excluding hydrogens is 1560 g/mol. The van der Waals surface area contributed by atoms with Gasteiger partial charge in [0.15, 0.2) is 0 Å². The number of rotatable bonds is 15. The predicted octanol–water partition coefficient (Wildman–Crippen LogP) is 16.0. The molecular formula is C75H72Cl7F9N6O10. The summed E-state index contributed by atoms with van der Waals surface area (Å²) in [6.07, 6.45) is 1.39. The molecule has 574 valence electrons. The van der Waals surface area contributed by atoms with E-state index < -0.39 is 143 Å². The third-order valence-corrected chi connectivity index (χ3v) is 22.4. The summed E-state index contributed by atoms with van der Waals surface area (Å²) in [5.74, 6) is -7.38. The normalized spacial score (nSPS) is 23.4. The fourth-order valence-corrected chi connectivity index (χ4v) is 17.5. The number of anilines is 3. The van der Waals surface area contributed by atoms with E-state index in [1.165, 1.54) is 48.5 Å². The molecule has 0 bridgehead atoms. The number of nitrogens with one attached hydrogen (secondary N) is 5. The molecule has 2 saturated heterocycles. The number of ether oxygens (including phenoxy) is 3. The highest BCUT2D eigenvalue weighted by Gasteiger charge is 2.80. The molecule has 7 N–H and O–H groups in total. The molecule has 0 radical (unpaired) electrons. The molecule has 3 amide bonds. The van der Waals surface area contributed by atoms with Crippen molar-refractivity contribution in [2.45, 2.75) is 105 Å². The molecule has 32 heteroatoms. The second-order valence-electron chi connectivity index (χ2n) is 27.3. The number of esters is 3. The Labute approximate surface area is 645 Å². The van der Waals surface area contributed by atoms with E-state index in [0.29, 0.717) is 61.0 Å². The lowest BCUT2D eigenvalue weighted by atomic mass is 9.46. The van der Waals surface area contributed by atoms with Gasteiger partial charge in [-0.3, -0.25) is 70.5 Å². The molecule has 5 heterocycles. The van der Waals surface area contributed by atoms with E-state index in [1.807, 2.05) is 0 Å². The molecule has 14 rings (SSSR count). The van der Waals surface area contributed by atoms with Crippen LogP contribution in [0.25, 0.3) is 11.6 Å². The van der Waals surface area contributed by atoms with E-state index in [-0.39, 0.29) is 120 Å². The van der Waals surface area contributed by atoms with Crippen molar-refractivity contribution in [1.29, 1.82) is 0 Å². The Morgan fingerprint density at radius 2 is 0.888 bits per heavy atom. The van der Waals surface area contributed by atoms with Crippen LogP contribution in [0.3, 0.4) is 0 Å². The number of amides is 3. The summed E-state index contributed by atoms with van der Waals surface area (Å²) in [4.78, 5) is 86.7. The Bertz CT molecular complexity index is 4270. The lowest BCUT2D eigenvalue weighted by molar-refractivity contribution is -0.147. The zero-order valence-corrected chi connectivity index (χ0v) is 62.7. The summed E-state index contributed by atoms with van der Waals surface area (Å²) in [6.45, 7) is 0.383. The number of alkyl halides is 6. The van der Waals surface area contributed by atoms with Crippen molar-refractivity contribution in [3.05, 3.63) is 190 Å². The van der Waals surface area contributed by atoms with Crippen molar-refractivity contribution >= 4 is 152 Å². The first-order valence-corrected chi connectivity index (χ1v) is 35.7. The quantitative estimate of drug-likeness (QED) is 0.0243. The molecule has 6 aromatic carbocycles. The minimum Gasteiger partial charge on any atom is -0.465 e. The Morgan fingerprint density at radius 1 is 0.505 bits per heavy atom. The minimum absolute atomic E-state index is 0. The van der Waals surface area contributed by atoms with Crippen LogP contribution in [0.15, 0.2) is 109 Å². The average molecular weight is 1640 g/mol. The predicted molar refractivity (Wildman–Crippen MR) is 393 cm³/mol. The van der Waals surface area contributed by atoms with Crippen LogP contribution in [0.5, 0.6) is 0 Å². The summed E-state index contributed by atoms with van der Waals surface area (Å²) in [6, 6.07) is 25.7. The minimum atomic E-state index is -1.58. The molecule has 107 heavy (non-hydrogen) atoms. The zero-order chi connectivity index (χ0) is 77.2. The van der Waals surface area contributed by atoms with Gasteiger partial charge in [-0.05, 0) is 129 Å². The van der Waals surface area contributed by atoms with Gasteiger partial charge in [0.25, 0.3) is 5.91 Å². The van der Waals surface area contributed by atoms with E-state index >= 15 is 8.78 Å². The third-order valence-electron chi connectivity index (χ3n) is 20.8. The fourth-order valence-electron chi connectivity index (χ4n) is 16.5. The van der Waals surface area contributed by atoms with E-state index in [2.05, 4.69) is 31.3 Å². The molecule has 5 aliphatic heterocycles. The van der Waals surface area contributed by atoms with Crippen LogP contribution in [0.1, 0.15) is 105 Å². The number of fused-ring (bicyclic) bond motifs is 7. The van der Waals surface area contributed by atoms with Gasteiger partial charge in [-0.15, -0.1) is 12.4 Å². The first kappa shape index (κ1) is 83.9.